The normalized spacial score (nSPS) is 21.3. The third kappa shape index (κ3) is 2.41. The van der Waals surface area contributed by atoms with Gasteiger partial charge in [-0.1, -0.05) is 43.9 Å². The first-order valence-electron chi connectivity index (χ1n) is 7.34. The standard InChI is InChI=1S/C17H23NO2/c1-16(19,14-9-5-6-10-15(14)20-2)17(13-18)11-7-3-4-8-12-17/h5-6,9-10,19H,3-4,7-8,11-12H2,1-2H3. The molecule has 1 fully saturated rings. The third-order valence-electron chi connectivity index (χ3n) is 4.73. The Bertz CT molecular complexity index is 494. The van der Waals surface area contributed by atoms with Gasteiger partial charge >= 0.3 is 0 Å². The first kappa shape index (κ1) is 14.9. The molecule has 1 aromatic rings. The first-order valence-corrected chi connectivity index (χ1v) is 7.34. The summed E-state index contributed by atoms with van der Waals surface area (Å²) in [4.78, 5) is 0. The van der Waals surface area contributed by atoms with E-state index in [0.29, 0.717) is 11.3 Å². The molecule has 0 spiro atoms. The quantitative estimate of drug-likeness (QED) is 0.853. The second kappa shape index (κ2) is 5.85. The number of methoxy groups -OCH3 is 1. The number of ether oxygens (including phenoxy) is 1. The fraction of sp³-hybridized carbons (Fsp3) is 0.588. The molecule has 0 heterocycles. The van der Waals surface area contributed by atoms with Crippen LogP contribution in [0.1, 0.15) is 51.0 Å². The smallest absolute Gasteiger partial charge is 0.124 e. The lowest BCUT2D eigenvalue weighted by molar-refractivity contribution is -0.0548. The van der Waals surface area contributed by atoms with E-state index in [-0.39, 0.29) is 0 Å². The zero-order valence-electron chi connectivity index (χ0n) is 12.4. The van der Waals surface area contributed by atoms with Gasteiger partial charge < -0.3 is 9.84 Å². The average Bonchev–Trinajstić information content (AvgIpc) is 2.73. The van der Waals surface area contributed by atoms with Crippen molar-refractivity contribution in [1.29, 1.82) is 5.26 Å². The van der Waals surface area contributed by atoms with Gasteiger partial charge in [0.1, 0.15) is 11.4 Å². The zero-order chi connectivity index (χ0) is 14.6. The van der Waals surface area contributed by atoms with Gasteiger partial charge in [-0.25, -0.2) is 0 Å². The van der Waals surface area contributed by atoms with Crippen molar-refractivity contribution in [2.75, 3.05) is 7.11 Å². The van der Waals surface area contributed by atoms with E-state index in [1.165, 1.54) is 0 Å². The summed E-state index contributed by atoms with van der Waals surface area (Å²) in [5.41, 5.74) is -1.21. The van der Waals surface area contributed by atoms with E-state index in [0.717, 1.165) is 38.5 Å². The minimum Gasteiger partial charge on any atom is -0.496 e. The number of hydrogen-bond acceptors (Lipinski definition) is 3. The molecule has 1 unspecified atom stereocenters. The van der Waals surface area contributed by atoms with Crippen molar-refractivity contribution < 1.29 is 9.84 Å². The van der Waals surface area contributed by atoms with E-state index in [1.807, 2.05) is 24.3 Å². The number of nitrogens with zero attached hydrogens (tertiary/aromatic N) is 1. The molecule has 0 bridgehead atoms. The van der Waals surface area contributed by atoms with Gasteiger partial charge in [-0.15, -0.1) is 0 Å². The molecule has 1 N–H and O–H groups in total. The number of nitriles is 1. The summed E-state index contributed by atoms with van der Waals surface area (Å²) in [5, 5.41) is 21.0. The molecule has 20 heavy (non-hydrogen) atoms. The summed E-state index contributed by atoms with van der Waals surface area (Å²) in [6.07, 6.45) is 5.78. The highest BCUT2D eigenvalue weighted by atomic mass is 16.5. The number of rotatable bonds is 3. The summed E-state index contributed by atoms with van der Waals surface area (Å²) >= 11 is 0. The van der Waals surface area contributed by atoms with Crippen LogP contribution >= 0.6 is 0 Å². The molecule has 1 aliphatic carbocycles. The van der Waals surface area contributed by atoms with Gasteiger partial charge in [0.05, 0.1) is 18.6 Å². The molecule has 3 heteroatoms. The van der Waals surface area contributed by atoms with E-state index in [2.05, 4.69) is 6.07 Å². The molecule has 1 saturated carbocycles. The van der Waals surface area contributed by atoms with Gasteiger partial charge in [-0.2, -0.15) is 5.26 Å². The average molecular weight is 273 g/mol. The monoisotopic (exact) mass is 273 g/mol. The minimum atomic E-state index is -1.20. The van der Waals surface area contributed by atoms with Crippen LogP contribution in [-0.4, -0.2) is 12.2 Å². The summed E-state index contributed by atoms with van der Waals surface area (Å²) < 4.78 is 5.37. The van der Waals surface area contributed by atoms with Gasteiger partial charge in [0.15, 0.2) is 0 Å². The van der Waals surface area contributed by atoms with Crippen molar-refractivity contribution in [3.05, 3.63) is 29.8 Å². The molecular weight excluding hydrogens is 250 g/mol. The summed E-state index contributed by atoms with van der Waals surface area (Å²) in [7, 11) is 1.60. The van der Waals surface area contributed by atoms with Crippen LogP contribution in [0.3, 0.4) is 0 Å². The summed E-state index contributed by atoms with van der Waals surface area (Å²) in [6, 6.07) is 9.91. The molecule has 1 aliphatic rings. The van der Waals surface area contributed by atoms with E-state index in [9.17, 15) is 10.4 Å². The molecule has 0 radical (unpaired) electrons. The Morgan fingerprint density at radius 1 is 1.20 bits per heavy atom. The maximum absolute atomic E-state index is 11.2. The predicted molar refractivity (Wildman–Crippen MR) is 78.3 cm³/mol. The maximum atomic E-state index is 11.2. The van der Waals surface area contributed by atoms with Crippen molar-refractivity contribution >= 4 is 0 Å². The van der Waals surface area contributed by atoms with Crippen LogP contribution in [-0.2, 0) is 5.60 Å². The highest BCUT2D eigenvalue weighted by Gasteiger charge is 2.49. The molecule has 0 aromatic heterocycles. The van der Waals surface area contributed by atoms with Crippen molar-refractivity contribution in [2.24, 2.45) is 5.41 Å². The molecule has 1 atom stereocenters. The summed E-state index contributed by atoms with van der Waals surface area (Å²) in [6.45, 7) is 1.76. The molecule has 0 amide bonds. The molecule has 2 rings (SSSR count). The second-order valence-corrected chi connectivity index (χ2v) is 5.88. The Balaban J connectivity index is 2.48. The lowest BCUT2D eigenvalue weighted by atomic mass is 9.65. The van der Waals surface area contributed by atoms with E-state index in [1.54, 1.807) is 14.0 Å². The lowest BCUT2D eigenvalue weighted by Crippen LogP contribution is -2.42. The number of para-hydroxylation sites is 1. The van der Waals surface area contributed by atoms with Crippen molar-refractivity contribution in [3.8, 4) is 11.8 Å². The highest BCUT2D eigenvalue weighted by molar-refractivity contribution is 5.40. The Labute approximate surface area is 121 Å². The van der Waals surface area contributed by atoms with Crippen LogP contribution in [0.15, 0.2) is 24.3 Å². The van der Waals surface area contributed by atoms with E-state index < -0.39 is 11.0 Å². The Kier molecular flexibility index (Phi) is 4.35. The predicted octanol–water partition coefficient (Wildman–Crippen LogP) is 3.77. The van der Waals surface area contributed by atoms with Crippen LogP contribution in [0.4, 0.5) is 0 Å². The molecule has 1 aromatic carbocycles. The molecule has 0 saturated heterocycles. The number of hydrogen-bond donors (Lipinski definition) is 1. The summed E-state index contributed by atoms with van der Waals surface area (Å²) in [5.74, 6) is 0.649. The van der Waals surface area contributed by atoms with Gasteiger partial charge in [-0.05, 0) is 25.8 Å². The Hall–Kier alpha value is -1.53. The van der Waals surface area contributed by atoms with Crippen molar-refractivity contribution in [3.63, 3.8) is 0 Å². The largest absolute Gasteiger partial charge is 0.496 e. The van der Waals surface area contributed by atoms with Gasteiger partial charge in [0, 0.05) is 5.56 Å². The van der Waals surface area contributed by atoms with Crippen LogP contribution in [0.5, 0.6) is 5.75 Å². The zero-order valence-corrected chi connectivity index (χ0v) is 12.4. The van der Waals surface area contributed by atoms with Crippen molar-refractivity contribution in [2.45, 2.75) is 51.0 Å². The fourth-order valence-electron chi connectivity index (χ4n) is 3.34. The highest BCUT2D eigenvalue weighted by Crippen LogP contribution is 2.50. The van der Waals surface area contributed by atoms with E-state index >= 15 is 0 Å². The molecule has 108 valence electrons. The molecule has 3 nitrogen and oxygen atoms in total. The molecule has 0 aliphatic heterocycles. The topological polar surface area (TPSA) is 53.2 Å². The number of aliphatic hydroxyl groups is 1. The van der Waals surface area contributed by atoms with Crippen LogP contribution in [0.2, 0.25) is 0 Å². The second-order valence-electron chi connectivity index (χ2n) is 5.88. The minimum absolute atomic E-state index is 0.649. The third-order valence-corrected chi connectivity index (χ3v) is 4.73. The first-order chi connectivity index (χ1) is 9.57. The van der Waals surface area contributed by atoms with Crippen LogP contribution in [0.25, 0.3) is 0 Å². The fourth-order valence-corrected chi connectivity index (χ4v) is 3.34. The van der Waals surface area contributed by atoms with Crippen molar-refractivity contribution in [1.82, 2.24) is 0 Å². The van der Waals surface area contributed by atoms with Gasteiger partial charge in [-0.3, -0.25) is 0 Å². The van der Waals surface area contributed by atoms with Gasteiger partial charge in [0.25, 0.3) is 0 Å². The maximum Gasteiger partial charge on any atom is 0.124 e. The Morgan fingerprint density at radius 3 is 2.35 bits per heavy atom. The molecular formula is C17H23NO2. The van der Waals surface area contributed by atoms with Crippen LogP contribution in [0, 0.1) is 16.7 Å². The van der Waals surface area contributed by atoms with Gasteiger partial charge in [0.2, 0.25) is 0 Å². The van der Waals surface area contributed by atoms with Crippen LogP contribution < -0.4 is 4.74 Å². The SMILES string of the molecule is COc1ccccc1C(C)(O)C1(C#N)CCCCCC1. The Morgan fingerprint density at radius 2 is 1.80 bits per heavy atom. The lowest BCUT2D eigenvalue weighted by Gasteiger charge is -2.40. The number of benzene rings is 1. The van der Waals surface area contributed by atoms with E-state index in [4.69, 9.17) is 4.74 Å².